The Morgan fingerprint density at radius 3 is 2.89 bits per heavy atom. The summed E-state index contributed by atoms with van der Waals surface area (Å²) in [6.45, 7) is 0.597. The topological polar surface area (TPSA) is 29.5 Å². The fourth-order valence-electron chi connectivity index (χ4n) is 2.42. The Morgan fingerprint density at radius 2 is 2.21 bits per heavy atom. The Labute approximate surface area is 114 Å². The Balaban J connectivity index is 1.94. The van der Waals surface area contributed by atoms with Gasteiger partial charge in [0.25, 0.3) is 0 Å². The second kappa shape index (κ2) is 6.41. The predicted octanol–water partition coefficient (Wildman–Crippen LogP) is 3.01. The van der Waals surface area contributed by atoms with Gasteiger partial charge in [-0.2, -0.15) is 0 Å². The average molecular weight is 259 g/mol. The van der Waals surface area contributed by atoms with Crippen molar-refractivity contribution in [3.63, 3.8) is 0 Å². The number of carbonyl (C=O) groups is 1. The Kier molecular flexibility index (Phi) is 4.61. The summed E-state index contributed by atoms with van der Waals surface area (Å²) >= 11 is 0. The van der Waals surface area contributed by atoms with Crippen molar-refractivity contribution in [2.75, 3.05) is 14.2 Å². The Bertz CT molecular complexity index is 468. The van der Waals surface area contributed by atoms with Crippen LogP contribution < -0.4 is 4.74 Å². The number of rotatable bonds is 5. The molecule has 0 aromatic heterocycles. The third-order valence-electron chi connectivity index (χ3n) is 3.57. The van der Waals surface area contributed by atoms with Gasteiger partial charge < -0.3 is 9.64 Å². The van der Waals surface area contributed by atoms with Crippen LogP contribution in [0.1, 0.15) is 24.8 Å². The van der Waals surface area contributed by atoms with Crippen LogP contribution >= 0.6 is 0 Å². The van der Waals surface area contributed by atoms with E-state index in [1.807, 2.05) is 31.3 Å². The molecule has 1 aromatic rings. The lowest BCUT2D eigenvalue weighted by Gasteiger charge is -2.20. The molecule has 0 fully saturated rings. The zero-order valence-corrected chi connectivity index (χ0v) is 11.6. The van der Waals surface area contributed by atoms with Crippen molar-refractivity contribution >= 4 is 5.91 Å². The van der Waals surface area contributed by atoms with Gasteiger partial charge in [-0.3, -0.25) is 4.79 Å². The van der Waals surface area contributed by atoms with Crippen molar-refractivity contribution in [1.29, 1.82) is 0 Å². The molecule has 0 saturated heterocycles. The first kappa shape index (κ1) is 13.7. The smallest absolute Gasteiger partial charge is 0.223 e. The molecule has 0 spiro atoms. The summed E-state index contributed by atoms with van der Waals surface area (Å²) in [6, 6.07) is 7.83. The molecule has 3 heteroatoms. The normalized spacial score (nSPS) is 17.5. The Morgan fingerprint density at radius 1 is 1.42 bits per heavy atom. The first-order valence-electron chi connectivity index (χ1n) is 6.73. The molecule has 1 amide bonds. The van der Waals surface area contributed by atoms with Crippen molar-refractivity contribution < 1.29 is 9.53 Å². The van der Waals surface area contributed by atoms with E-state index in [9.17, 15) is 4.79 Å². The van der Waals surface area contributed by atoms with Gasteiger partial charge in [-0.1, -0.05) is 30.4 Å². The van der Waals surface area contributed by atoms with Crippen LogP contribution in [-0.4, -0.2) is 25.0 Å². The summed E-state index contributed by atoms with van der Waals surface area (Å²) in [7, 11) is 3.51. The number of hydrogen-bond donors (Lipinski definition) is 0. The lowest BCUT2D eigenvalue weighted by Crippen LogP contribution is -2.27. The van der Waals surface area contributed by atoms with Crippen molar-refractivity contribution in [2.24, 2.45) is 5.92 Å². The van der Waals surface area contributed by atoms with Gasteiger partial charge in [-0.15, -0.1) is 0 Å². The molecule has 1 aromatic carbocycles. The van der Waals surface area contributed by atoms with Crippen molar-refractivity contribution in [3.8, 4) is 5.75 Å². The molecular formula is C16H21NO2. The first-order chi connectivity index (χ1) is 9.20. The van der Waals surface area contributed by atoms with Crippen LogP contribution in [0.5, 0.6) is 5.75 Å². The first-order valence-corrected chi connectivity index (χ1v) is 6.73. The molecule has 0 radical (unpaired) electrons. The zero-order chi connectivity index (χ0) is 13.7. The van der Waals surface area contributed by atoms with Crippen LogP contribution in [0.15, 0.2) is 36.4 Å². The van der Waals surface area contributed by atoms with Crippen LogP contribution in [0, 0.1) is 5.92 Å². The average Bonchev–Trinajstić information content (AvgIpc) is 2.92. The number of benzene rings is 1. The lowest BCUT2D eigenvalue weighted by molar-refractivity contribution is -0.131. The molecule has 1 unspecified atom stereocenters. The van der Waals surface area contributed by atoms with Crippen LogP contribution in [0.3, 0.4) is 0 Å². The maximum Gasteiger partial charge on any atom is 0.223 e. The minimum absolute atomic E-state index is 0.197. The van der Waals surface area contributed by atoms with Gasteiger partial charge >= 0.3 is 0 Å². The molecule has 3 nitrogen and oxygen atoms in total. The van der Waals surface area contributed by atoms with E-state index < -0.39 is 0 Å². The highest BCUT2D eigenvalue weighted by Gasteiger charge is 2.17. The minimum Gasteiger partial charge on any atom is -0.496 e. The number of ether oxygens (including phenoxy) is 1. The SMILES string of the molecule is COc1ccccc1CN(C)C(=O)CC1C=CCC1. The molecule has 1 atom stereocenters. The Hall–Kier alpha value is -1.77. The minimum atomic E-state index is 0.197. The molecular weight excluding hydrogens is 238 g/mol. The highest BCUT2D eigenvalue weighted by molar-refractivity contribution is 5.76. The van der Waals surface area contributed by atoms with E-state index >= 15 is 0 Å². The summed E-state index contributed by atoms with van der Waals surface area (Å²) in [4.78, 5) is 13.9. The number of nitrogens with zero attached hydrogens (tertiary/aromatic N) is 1. The third kappa shape index (κ3) is 3.60. The van der Waals surface area contributed by atoms with Gasteiger partial charge in [0.1, 0.15) is 5.75 Å². The van der Waals surface area contributed by atoms with E-state index in [0.29, 0.717) is 18.9 Å². The van der Waals surface area contributed by atoms with Gasteiger partial charge in [0, 0.05) is 25.6 Å². The van der Waals surface area contributed by atoms with E-state index in [2.05, 4.69) is 12.2 Å². The van der Waals surface area contributed by atoms with Crippen LogP contribution in [0.2, 0.25) is 0 Å². The molecule has 19 heavy (non-hydrogen) atoms. The van der Waals surface area contributed by atoms with Crippen LogP contribution in [0.25, 0.3) is 0 Å². The van der Waals surface area contributed by atoms with E-state index in [1.165, 1.54) is 0 Å². The maximum absolute atomic E-state index is 12.2. The van der Waals surface area contributed by atoms with E-state index in [1.54, 1.807) is 12.0 Å². The highest BCUT2D eigenvalue weighted by Crippen LogP contribution is 2.23. The molecule has 0 bridgehead atoms. The fraction of sp³-hybridized carbons (Fsp3) is 0.438. The molecule has 0 aliphatic heterocycles. The summed E-state index contributed by atoms with van der Waals surface area (Å²) in [6.07, 6.45) is 7.15. The van der Waals surface area contributed by atoms with E-state index in [0.717, 1.165) is 24.2 Å². The monoisotopic (exact) mass is 259 g/mol. The molecule has 0 saturated carbocycles. The lowest BCUT2D eigenvalue weighted by atomic mass is 10.0. The summed E-state index contributed by atoms with van der Waals surface area (Å²) in [5.41, 5.74) is 1.04. The predicted molar refractivity (Wildman–Crippen MR) is 75.9 cm³/mol. The molecule has 2 rings (SSSR count). The van der Waals surface area contributed by atoms with Crippen LogP contribution in [-0.2, 0) is 11.3 Å². The highest BCUT2D eigenvalue weighted by atomic mass is 16.5. The quantitative estimate of drug-likeness (QED) is 0.761. The second-order valence-electron chi connectivity index (χ2n) is 5.03. The number of para-hydroxylation sites is 1. The third-order valence-corrected chi connectivity index (χ3v) is 3.57. The fourth-order valence-corrected chi connectivity index (χ4v) is 2.42. The number of methoxy groups -OCH3 is 1. The van der Waals surface area contributed by atoms with Crippen LogP contribution in [0.4, 0.5) is 0 Å². The number of carbonyl (C=O) groups excluding carboxylic acids is 1. The largest absolute Gasteiger partial charge is 0.496 e. The summed E-state index contributed by atoms with van der Waals surface area (Å²) in [5, 5.41) is 0. The van der Waals surface area contributed by atoms with E-state index in [4.69, 9.17) is 4.74 Å². The van der Waals surface area contributed by atoms with Gasteiger partial charge in [-0.05, 0) is 24.8 Å². The van der Waals surface area contributed by atoms with Crippen molar-refractivity contribution in [3.05, 3.63) is 42.0 Å². The van der Waals surface area contributed by atoms with Gasteiger partial charge in [0.05, 0.1) is 7.11 Å². The molecule has 0 N–H and O–H groups in total. The molecule has 1 aliphatic carbocycles. The van der Waals surface area contributed by atoms with Gasteiger partial charge in [0.2, 0.25) is 5.91 Å². The number of amides is 1. The molecule has 0 heterocycles. The van der Waals surface area contributed by atoms with Crippen molar-refractivity contribution in [1.82, 2.24) is 4.90 Å². The molecule has 1 aliphatic rings. The van der Waals surface area contributed by atoms with Gasteiger partial charge in [-0.25, -0.2) is 0 Å². The van der Waals surface area contributed by atoms with Crippen molar-refractivity contribution in [2.45, 2.75) is 25.8 Å². The molecule has 102 valence electrons. The van der Waals surface area contributed by atoms with Gasteiger partial charge in [0.15, 0.2) is 0 Å². The number of allylic oxidation sites excluding steroid dienone is 2. The summed E-state index contributed by atoms with van der Waals surface area (Å²) < 4.78 is 5.31. The second-order valence-corrected chi connectivity index (χ2v) is 5.03. The number of hydrogen-bond acceptors (Lipinski definition) is 2. The van der Waals surface area contributed by atoms with E-state index in [-0.39, 0.29) is 5.91 Å². The maximum atomic E-state index is 12.2. The summed E-state index contributed by atoms with van der Waals surface area (Å²) in [5.74, 6) is 1.46. The zero-order valence-electron chi connectivity index (χ0n) is 11.6. The standard InChI is InChI=1S/C16H21NO2/c1-17(16(18)11-13-7-3-4-8-13)12-14-9-5-6-10-15(14)19-2/h3,5-7,9-10,13H,4,8,11-12H2,1-2H3.